The first-order chi connectivity index (χ1) is 8.07. The number of aromatic nitrogens is 2. The molecular formula is C15H22N2. The summed E-state index contributed by atoms with van der Waals surface area (Å²) in [4.78, 5) is 4.28. The molecule has 2 nitrogen and oxygen atoms in total. The molecule has 17 heavy (non-hydrogen) atoms. The first-order valence-corrected chi connectivity index (χ1v) is 6.54. The van der Waals surface area contributed by atoms with Crippen molar-refractivity contribution < 1.29 is 0 Å². The van der Waals surface area contributed by atoms with Crippen LogP contribution in [0.3, 0.4) is 0 Å². The lowest BCUT2D eigenvalue weighted by Crippen LogP contribution is -2.08. The lowest BCUT2D eigenvalue weighted by Gasteiger charge is -2.18. The van der Waals surface area contributed by atoms with E-state index in [-0.39, 0.29) is 0 Å². The molecule has 0 amide bonds. The van der Waals surface area contributed by atoms with Gasteiger partial charge in [-0.25, -0.2) is 0 Å². The van der Waals surface area contributed by atoms with Gasteiger partial charge < -0.3 is 4.57 Å². The van der Waals surface area contributed by atoms with Crippen molar-refractivity contribution in [2.75, 3.05) is 0 Å². The normalized spacial score (nSPS) is 11.9. The summed E-state index contributed by atoms with van der Waals surface area (Å²) in [6, 6.07) is 2.64. The molecule has 2 heteroatoms. The number of rotatable bonds is 3. The van der Waals surface area contributed by atoms with E-state index < -0.39 is 0 Å². The van der Waals surface area contributed by atoms with Crippen molar-refractivity contribution in [1.29, 1.82) is 0 Å². The van der Waals surface area contributed by atoms with Crippen molar-refractivity contribution in [1.82, 2.24) is 9.55 Å². The van der Waals surface area contributed by atoms with Crippen LogP contribution in [0.15, 0.2) is 18.5 Å². The third kappa shape index (κ3) is 1.86. The molecule has 2 aromatic heterocycles. The Kier molecular flexibility index (Phi) is 3.23. The fraction of sp³-hybridized carbons (Fsp3) is 0.533. The average Bonchev–Trinajstić information content (AvgIpc) is 2.63. The van der Waals surface area contributed by atoms with Gasteiger partial charge in [0.15, 0.2) is 0 Å². The van der Waals surface area contributed by atoms with Crippen LogP contribution in [0.5, 0.6) is 0 Å². The van der Waals surface area contributed by atoms with E-state index in [1.165, 1.54) is 22.2 Å². The lowest BCUT2D eigenvalue weighted by molar-refractivity contribution is 0.572. The molecule has 0 aliphatic rings. The summed E-state index contributed by atoms with van der Waals surface area (Å²) in [6.45, 7) is 11.3. The quantitative estimate of drug-likeness (QED) is 0.768. The highest BCUT2D eigenvalue weighted by Crippen LogP contribution is 2.33. The van der Waals surface area contributed by atoms with E-state index in [0.717, 1.165) is 6.42 Å². The predicted octanol–water partition coefficient (Wildman–Crippen LogP) is 4.30. The molecular weight excluding hydrogens is 208 g/mol. The molecule has 0 N–H and O–H groups in total. The van der Waals surface area contributed by atoms with Gasteiger partial charge in [0.05, 0.1) is 11.7 Å². The van der Waals surface area contributed by atoms with Gasteiger partial charge in [-0.2, -0.15) is 0 Å². The number of nitrogens with zero attached hydrogens (tertiary/aromatic N) is 2. The van der Waals surface area contributed by atoms with E-state index in [1.807, 2.05) is 12.4 Å². The zero-order valence-electron chi connectivity index (χ0n) is 11.5. The maximum absolute atomic E-state index is 4.28. The molecule has 0 saturated heterocycles. The highest BCUT2D eigenvalue weighted by Gasteiger charge is 2.19. The maximum Gasteiger partial charge on any atom is 0.0674 e. The Hall–Kier alpha value is -1.31. The summed E-state index contributed by atoms with van der Waals surface area (Å²) in [7, 11) is 0. The Morgan fingerprint density at radius 2 is 1.94 bits per heavy atom. The second kappa shape index (κ2) is 4.52. The number of fused-ring (bicyclic) bond motifs is 1. The fourth-order valence-corrected chi connectivity index (χ4v) is 2.80. The first-order valence-electron chi connectivity index (χ1n) is 6.54. The van der Waals surface area contributed by atoms with Gasteiger partial charge in [-0.1, -0.05) is 20.8 Å². The zero-order valence-corrected chi connectivity index (χ0v) is 11.5. The Labute approximate surface area is 104 Å². The van der Waals surface area contributed by atoms with Gasteiger partial charge in [0.2, 0.25) is 0 Å². The van der Waals surface area contributed by atoms with E-state index in [0.29, 0.717) is 12.0 Å². The van der Waals surface area contributed by atoms with Crippen LogP contribution in [0.2, 0.25) is 0 Å². The molecule has 0 fully saturated rings. The van der Waals surface area contributed by atoms with E-state index in [9.17, 15) is 0 Å². The van der Waals surface area contributed by atoms with E-state index in [2.05, 4.69) is 50.2 Å². The van der Waals surface area contributed by atoms with Crippen molar-refractivity contribution in [2.24, 2.45) is 0 Å². The van der Waals surface area contributed by atoms with Gasteiger partial charge in [0, 0.05) is 23.3 Å². The topological polar surface area (TPSA) is 17.8 Å². The molecule has 0 aliphatic carbocycles. The summed E-state index contributed by atoms with van der Waals surface area (Å²) in [6.07, 6.45) is 4.99. The molecule has 2 rings (SSSR count). The maximum atomic E-state index is 4.28. The van der Waals surface area contributed by atoms with Crippen LogP contribution in [0.1, 0.15) is 57.8 Å². The molecule has 92 valence electrons. The minimum atomic E-state index is 0.486. The van der Waals surface area contributed by atoms with Crippen LogP contribution in [0.4, 0.5) is 0 Å². The predicted molar refractivity (Wildman–Crippen MR) is 73.6 cm³/mol. The summed E-state index contributed by atoms with van der Waals surface area (Å²) in [5.41, 5.74) is 4.25. The molecule has 0 unspecified atom stereocenters. The lowest BCUT2D eigenvalue weighted by atomic mass is 10.0. The number of hydrogen-bond donors (Lipinski definition) is 0. The van der Waals surface area contributed by atoms with Gasteiger partial charge in [-0.15, -0.1) is 0 Å². The number of aryl methyl sites for hydroxylation is 1. The Morgan fingerprint density at radius 1 is 1.24 bits per heavy atom. The van der Waals surface area contributed by atoms with Crippen LogP contribution in [0.25, 0.3) is 10.9 Å². The van der Waals surface area contributed by atoms with E-state index in [1.54, 1.807) is 0 Å². The second-order valence-corrected chi connectivity index (χ2v) is 5.23. The highest BCUT2D eigenvalue weighted by molar-refractivity contribution is 5.85. The standard InChI is InChI=1S/C15H22N2/c1-6-12-13-7-8-16-9-14(13)17(11(4)5)15(12)10(2)3/h7-11H,6H2,1-5H3. The zero-order chi connectivity index (χ0) is 12.6. The third-order valence-corrected chi connectivity index (χ3v) is 3.37. The molecule has 0 radical (unpaired) electrons. The van der Waals surface area contributed by atoms with Crippen LogP contribution < -0.4 is 0 Å². The van der Waals surface area contributed by atoms with Crippen molar-refractivity contribution >= 4 is 10.9 Å². The summed E-state index contributed by atoms with van der Waals surface area (Å²) in [5.74, 6) is 0.555. The van der Waals surface area contributed by atoms with Crippen molar-refractivity contribution in [2.45, 2.75) is 53.0 Å². The van der Waals surface area contributed by atoms with Gasteiger partial charge in [0.1, 0.15) is 0 Å². The molecule has 2 heterocycles. The average molecular weight is 230 g/mol. The van der Waals surface area contributed by atoms with E-state index >= 15 is 0 Å². The molecule has 0 aromatic carbocycles. The van der Waals surface area contributed by atoms with Gasteiger partial charge in [-0.3, -0.25) is 4.98 Å². The van der Waals surface area contributed by atoms with Crippen LogP contribution in [-0.4, -0.2) is 9.55 Å². The summed E-state index contributed by atoms with van der Waals surface area (Å²) in [5, 5.41) is 1.37. The molecule has 0 spiro atoms. The van der Waals surface area contributed by atoms with Gasteiger partial charge in [-0.05, 0) is 37.8 Å². The summed E-state index contributed by atoms with van der Waals surface area (Å²) >= 11 is 0. The molecule has 0 bridgehead atoms. The monoisotopic (exact) mass is 230 g/mol. The fourth-order valence-electron chi connectivity index (χ4n) is 2.80. The summed E-state index contributed by atoms with van der Waals surface area (Å²) < 4.78 is 2.45. The second-order valence-electron chi connectivity index (χ2n) is 5.23. The highest BCUT2D eigenvalue weighted by atomic mass is 15.0. The molecule has 2 aromatic rings. The minimum Gasteiger partial charge on any atom is -0.340 e. The van der Waals surface area contributed by atoms with Crippen LogP contribution >= 0.6 is 0 Å². The van der Waals surface area contributed by atoms with Crippen LogP contribution in [-0.2, 0) is 6.42 Å². The number of pyridine rings is 1. The number of hydrogen-bond acceptors (Lipinski definition) is 1. The SMILES string of the molecule is CCc1c(C(C)C)n(C(C)C)c2cnccc12. The Bertz CT molecular complexity index is 521. The molecule has 0 atom stereocenters. The van der Waals surface area contributed by atoms with Crippen LogP contribution in [0, 0.1) is 0 Å². The third-order valence-electron chi connectivity index (χ3n) is 3.37. The largest absolute Gasteiger partial charge is 0.340 e. The van der Waals surface area contributed by atoms with E-state index in [4.69, 9.17) is 0 Å². The smallest absolute Gasteiger partial charge is 0.0674 e. The van der Waals surface area contributed by atoms with Gasteiger partial charge >= 0.3 is 0 Å². The van der Waals surface area contributed by atoms with Crippen molar-refractivity contribution in [3.05, 3.63) is 29.7 Å². The Balaban J connectivity index is 2.87. The first kappa shape index (κ1) is 12.2. The Morgan fingerprint density at radius 3 is 2.47 bits per heavy atom. The minimum absolute atomic E-state index is 0.486. The van der Waals surface area contributed by atoms with Crippen molar-refractivity contribution in [3.63, 3.8) is 0 Å². The van der Waals surface area contributed by atoms with Crippen molar-refractivity contribution in [3.8, 4) is 0 Å². The van der Waals surface area contributed by atoms with Gasteiger partial charge in [0.25, 0.3) is 0 Å². The molecule has 0 saturated carbocycles. The molecule has 0 aliphatic heterocycles.